The second-order valence-electron chi connectivity index (χ2n) is 5.54. The minimum Gasteiger partial charge on any atom is -0.268 e. The maximum atomic E-state index is 13.4. The molecule has 0 N–H and O–H groups in total. The van der Waals surface area contributed by atoms with E-state index in [1.54, 1.807) is 60.9 Å². The molecule has 0 aliphatic rings. The molecule has 1 aromatic carbocycles. The van der Waals surface area contributed by atoms with Gasteiger partial charge in [-0.2, -0.15) is 18.3 Å². The normalized spacial score (nSPS) is 11.8. The fourth-order valence-corrected chi connectivity index (χ4v) is 2.72. The molecule has 0 atom stereocenters. The van der Waals surface area contributed by atoms with Crippen molar-refractivity contribution < 1.29 is 17.7 Å². The van der Waals surface area contributed by atoms with Gasteiger partial charge in [0.25, 0.3) is 5.82 Å². The summed E-state index contributed by atoms with van der Waals surface area (Å²) < 4.78 is 43.4. The summed E-state index contributed by atoms with van der Waals surface area (Å²) in [4.78, 5) is 4.16. The van der Waals surface area contributed by atoms with E-state index >= 15 is 0 Å². The van der Waals surface area contributed by atoms with E-state index in [0.29, 0.717) is 22.8 Å². The predicted octanol–water partition coefficient (Wildman–Crippen LogP) is 3.39. The number of aryl methyl sites for hydroxylation is 2. The smallest absolute Gasteiger partial charge is 0.268 e. The van der Waals surface area contributed by atoms with Gasteiger partial charge in [-0.15, -0.1) is 0 Å². The molecule has 3 aromatic rings. The molecule has 0 fully saturated rings. The zero-order chi connectivity index (χ0) is 17.5. The third-order valence-corrected chi connectivity index (χ3v) is 4.00. The lowest BCUT2D eigenvalue weighted by molar-refractivity contribution is -0.606. The predicted molar refractivity (Wildman–Crippen MR) is 82.4 cm³/mol. The van der Waals surface area contributed by atoms with Crippen LogP contribution >= 0.6 is 0 Å². The Kier molecular flexibility index (Phi) is 3.87. The largest absolute Gasteiger partial charge is 0.416 e. The van der Waals surface area contributed by atoms with Crippen LogP contribution in [-0.2, 0) is 13.2 Å². The maximum absolute atomic E-state index is 13.4. The van der Waals surface area contributed by atoms with Crippen molar-refractivity contribution in [3.63, 3.8) is 0 Å². The van der Waals surface area contributed by atoms with E-state index in [2.05, 4.69) is 10.1 Å². The highest BCUT2D eigenvalue weighted by atomic mass is 19.4. The first-order valence-electron chi connectivity index (χ1n) is 7.33. The van der Waals surface area contributed by atoms with Crippen molar-refractivity contribution in [2.45, 2.75) is 20.0 Å². The monoisotopic (exact) mass is 333 g/mol. The van der Waals surface area contributed by atoms with E-state index in [4.69, 9.17) is 0 Å². The van der Waals surface area contributed by atoms with Gasteiger partial charge in [-0.05, 0) is 25.1 Å². The standard InChI is InChI=1S/C17H16F3N4/c1-11-14(15-5-7-22-23(15)3)9-13(17(18,19)20)10-16(11)24-8-4-6-21-12(24)2/h4-10H,1-3H3/q+1. The summed E-state index contributed by atoms with van der Waals surface area (Å²) >= 11 is 0. The SMILES string of the molecule is Cc1c(-c2ccnn2C)cc(C(F)(F)F)cc1-[n+]1cccnc1C. The summed E-state index contributed by atoms with van der Waals surface area (Å²) in [7, 11) is 1.71. The van der Waals surface area contributed by atoms with E-state index in [9.17, 15) is 13.2 Å². The summed E-state index contributed by atoms with van der Waals surface area (Å²) in [5.41, 5.74) is 1.60. The van der Waals surface area contributed by atoms with Gasteiger partial charge in [0.1, 0.15) is 18.1 Å². The first kappa shape index (κ1) is 16.2. The fraction of sp³-hybridized carbons (Fsp3) is 0.235. The summed E-state index contributed by atoms with van der Waals surface area (Å²) in [6, 6.07) is 5.72. The highest BCUT2D eigenvalue weighted by Crippen LogP contribution is 2.35. The molecule has 0 aliphatic heterocycles. The average molecular weight is 333 g/mol. The molecule has 4 nitrogen and oxygen atoms in total. The molecule has 0 spiro atoms. The van der Waals surface area contributed by atoms with Crippen LogP contribution < -0.4 is 4.57 Å². The van der Waals surface area contributed by atoms with Gasteiger partial charge in [0.15, 0.2) is 0 Å². The van der Waals surface area contributed by atoms with E-state index < -0.39 is 11.7 Å². The minimum atomic E-state index is -4.44. The number of hydrogen-bond acceptors (Lipinski definition) is 2. The van der Waals surface area contributed by atoms with Gasteiger partial charge >= 0.3 is 6.18 Å². The van der Waals surface area contributed by atoms with Crippen molar-refractivity contribution >= 4 is 0 Å². The van der Waals surface area contributed by atoms with Crippen molar-refractivity contribution in [2.24, 2.45) is 7.05 Å². The number of nitrogens with zero attached hydrogens (tertiary/aromatic N) is 4. The third kappa shape index (κ3) is 2.77. The first-order chi connectivity index (χ1) is 11.3. The van der Waals surface area contributed by atoms with Crippen LogP contribution in [0.1, 0.15) is 17.0 Å². The second-order valence-corrected chi connectivity index (χ2v) is 5.54. The summed E-state index contributed by atoms with van der Waals surface area (Å²) in [5, 5.41) is 4.06. The molecule has 3 rings (SSSR count). The van der Waals surface area contributed by atoms with Crippen LogP contribution in [0.15, 0.2) is 42.9 Å². The van der Waals surface area contributed by atoms with E-state index in [1.807, 2.05) is 0 Å². The lowest BCUT2D eigenvalue weighted by atomic mass is 9.99. The Hall–Kier alpha value is -2.70. The molecule has 0 radical (unpaired) electrons. The molecule has 0 saturated heterocycles. The van der Waals surface area contributed by atoms with Crippen LogP contribution in [0.3, 0.4) is 0 Å². The first-order valence-corrected chi connectivity index (χ1v) is 7.33. The minimum absolute atomic E-state index is 0.451. The van der Waals surface area contributed by atoms with Gasteiger partial charge in [-0.25, -0.2) is 4.57 Å². The zero-order valence-electron chi connectivity index (χ0n) is 13.5. The molecule has 2 aromatic heterocycles. The Morgan fingerprint density at radius 3 is 2.46 bits per heavy atom. The quantitative estimate of drug-likeness (QED) is 0.674. The summed E-state index contributed by atoms with van der Waals surface area (Å²) in [5.74, 6) is 0.607. The molecule has 0 amide bonds. The van der Waals surface area contributed by atoms with Crippen molar-refractivity contribution in [3.05, 3.63) is 59.8 Å². The van der Waals surface area contributed by atoms with Crippen LogP contribution in [-0.4, -0.2) is 14.8 Å². The molecule has 0 aliphatic carbocycles. The number of benzene rings is 1. The van der Waals surface area contributed by atoms with Crippen LogP contribution in [0, 0.1) is 13.8 Å². The van der Waals surface area contributed by atoms with Crippen molar-refractivity contribution in [2.75, 3.05) is 0 Å². The Balaban J connectivity index is 2.34. The van der Waals surface area contributed by atoms with Crippen LogP contribution in [0.5, 0.6) is 0 Å². The Morgan fingerprint density at radius 2 is 1.88 bits per heavy atom. The molecule has 24 heavy (non-hydrogen) atoms. The topological polar surface area (TPSA) is 34.6 Å². The van der Waals surface area contributed by atoms with Gasteiger partial charge in [0.05, 0.1) is 11.3 Å². The second kappa shape index (κ2) is 5.74. The number of rotatable bonds is 2. The number of hydrogen-bond donors (Lipinski definition) is 0. The molecule has 124 valence electrons. The van der Waals surface area contributed by atoms with E-state index in [1.165, 1.54) is 6.07 Å². The third-order valence-electron chi connectivity index (χ3n) is 4.00. The lowest BCUT2D eigenvalue weighted by Crippen LogP contribution is -2.36. The molecular formula is C17H16F3N4+. The molecule has 2 heterocycles. The molecule has 7 heteroatoms. The van der Waals surface area contributed by atoms with E-state index in [0.717, 1.165) is 11.6 Å². The van der Waals surface area contributed by atoms with Crippen LogP contribution in [0.25, 0.3) is 16.9 Å². The van der Waals surface area contributed by atoms with Crippen molar-refractivity contribution in [3.8, 4) is 16.9 Å². The molecular weight excluding hydrogens is 317 g/mol. The van der Waals surface area contributed by atoms with Crippen molar-refractivity contribution in [1.29, 1.82) is 0 Å². The fourth-order valence-electron chi connectivity index (χ4n) is 2.72. The average Bonchev–Trinajstić information content (AvgIpc) is 2.93. The zero-order valence-corrected chi connectivity index (χ0v) is 13.5. The van der Waals surface area contributed by atoms with Gasteiger partial charge in [-0.3, -0.25) is 4.68 Å². The highest BCUT2D eigenvalue weighted by Gasteiger charge is 2.33. The van der Waals surface area contributed by atoms with Gasteiger partial charge in [0.2, 0.25) is 0 Å². The Labute approximate surface area is 137 Å². The Bertz CT molecular complexity index is 897. The van der Waals surface area contributed by atoms with Crippen molar-refractivity contribution in [1.82, 2.24) is 14.8 Å². The lowest BCUT2D eigenvalue weighted by Gasteiger charge is -2.15. The van der Waals surface area contributed by atoms with Crippen LogP contribution in [0.2, 0.25) is 0 Å². The molecule has 0 unspecified atom stereocenters. The van der Waals surface area contributed by atoms with Gasteiger partial charge in [0, 0.05) is 37.4 Å². The van der Waals surface area contributed by atoms with Gasteiger partial charge < -0.3 is 0 Å². The number of alkyl halides is 3. The number of aromatic nitrogens is 4. The van der Waals surface area contributed by atoms with E-state index in [-0.39, 0.29) is 0 Å². The van der Waals surface area contributed by atoms with Gasteiger partial charge in [-0.1, -0.05) is 4.98 Å². The Morgan fingerprint density at radius 1 is 1.12 bits per heavy atom. The number of halogens is 3. The summed E-state index contributed by atoms with van der Waals surface area (Å²) in [6.07, 6.45) is 0.443. The summed E-state index contributed by atoms with van der Waals surface area (Å²) in [6.45, 7) is 3.56. The van der Waals surface area contributed by atoms with Crippen LogP contribution in [0.4, 0.5) is 13.2 Å². The maximum Gasteiger partial charge on any atom is 0.416 e. The molecule has 0 saturated carbocycles. The molecule has 0 bridgehead atoms. The highest BCUT2D eigenvalue weighted by molar-refractivity contribution is 5.68.